The van der Waals surface area contributed by atoms with Gasteiger partial charge in [0.1, 0.15) is 0 Å². The normalized spacial score (nSPS) is 10.5. The molecule has 0 fully saturated rings. The summed E-state index contributed by atoms with van der Waals surface area (Å²) in [5.41, 5.74) is 1.70. The summed E-state index contributed by atoms with van der Waals surface area (Å²) in [5.74, 6) is -0.0429. The number of ether oxygens (including phenoxy) is 1. The first-order valence-corrected chi connectivity index (χ1v) is 5.68. The van der Waals surface area contributed by atoms with Gasteiger partial charge < -0.3 is 15.2 Å². The molecule has 1 rings (SSSR count). The van der Waals surface area contributed by atoms with Gasteiger partial charge in [-0.2, -0.15) is 5.10 Å². The van der Waals surface area contributed by atoms with Crippen molar-refractivity contribution in [3.8, 4) is 0 Å². The van der Waals surface area contributed by atoms with Crippen LogP contribution in [-0.4, -0.2) is 47.6 Å². The van der Waals surface area contributed by atoms with Gasteiger partial charge in [0.25, 0.3) is 0 Å². The summed E-state index contributed by atoms with van der Waals surface area (Å²) >= 11 is 0. The van der Waals surface area contributed by atoms with E-state index in [0.717, 1.165) is 17.8 Å². The van der Waals surface area contributed by atoms with Crippen molar-refractivity contribution in [2.45, 2.75) is 19.8 Å². The van der Waals surface area contributed by atoms with Crippen molar-refractivity contribution in [3.63, 3.8) is 0 Å². The first-order chi connectivity index (χ1) is 8.22. The van der Waals surface area contributed by atoms with Crippen LogP contribution in [-0.2, 0) is 16.0 Å². The summed E-state index contributed by atoms with van der Waals surface area (Å²) in [5, 5.41) is 18.0. The lowest BCUT2D eigenvalue weighted by molar-refractivity contribution is -0.120. The van der Waals surface area contributed by atoms with Crippen molar-refractivity contribution in [2.24, 2.45) is 0 Å². The zero-order valence-corrected chi connectivity index (χ0v) is 10.0. The molecular weight excluding hydrogens is 222 g/mol. The van der Waals surface area contributed by atoms with Gasteiger partial charge in [-0.1, -0.05) is 0 Å². The molecule has 6 nitrogen and oxygen atoms in total. The van der Waals surface area contributed by atoms with E-state index in [0.29, 0.717) is 26.2 Å². The molecule has 0 radical (unpaired) electrons. The number of carbonyl (C=O) groups excluding carboxylic acids is 1. The van der Waals surface area contributed by atoms with Crippen LogP contribution < -0.4 is 5.32 Å². The van der Waals surface area contributed by atoms with Crippen LogP contribution in [0.15, 0.2) is 6.07 Å². The van der Waals surface area contributed by atoms with E-state index in [9.17, 15) is 4.79 Å². The van der Waals surface area contributed by atoms with Crippen molar-refractivity contribution in [1.29, 1.82) is 0 Å². The molecule has 17 heavy (non-hydrogen) atoms. The molecule has 1 amide bonds. The maximum absolute atomic E-state index is 11.5. The Bertz CT molecular complexity index is 338. The SMILES string of the molecule is Cc1cc(CC(=O)NCCCOCCO)n[nH]1. The number of aliphatic hydroxyl groups is 1. The van der Waals surface area contributed by atoms with E-state index >= 15 is 0 Å². The van der Waals surface area contributed by atoms with E-state index in [-0.39, 0.29) is 12.5 Å². The van der Waals surface area contributed by atoms with Crippen LogP contribution in [0.25, 0.3) is 0 Å². The summed E-state index contributed by atoms with van der Waals surface area (Å²) in [7, 11) is 0. The molecule has 0 aliphatic rings. The average Bonchev–Trinajstić information content (AvgIpc) is 2.69. The Labute approximate surface area is 100 Å². The highest BCUT2D eigenvalue weighted by atomic mass is 16.5. The van der Waals surface area contributed by atoms with Crippen LogP contribution in [0.3, 0.4) is 0 Å². The molecule has 1 aromatic heterocycles. The number of rotatable bonds is 8. The number of H-pyrrole nitrogens is 1. The molecule has 0 aromatic carbocycles. The number of aryl methyl sites for hydroxylation is 1. The van der Waals surface area contributed by atoms with Gasteiger partial charge in [-0.05, 0) is 19.4 Å². The highest BCUT2D eigenvalue weighted by Crippen LogP contribution is 1.98. The lowest BCUT2D eigenvalue weighted by atomic mass is 10.3. The molecule has 0 saturated carbocycles. The van der Waals surface area contributed by atoms with Crippen molar-refractivity contribution in [2.75, 3.05) is 26.4 Å². The molecule has 0 spiro atoms. The fourth-order valence-corrected chi connectivity index (χ4v) is 1.36. The molecule has 1 heterocycles. The molecule has 0 unspecified atom stereocenters. The van der Waals surface area contributed by atoms with Crippen molar-refractivity contribution in [1.82, 2.24) is 15.5 Å². The highest BCUT2D eigenvalue weighted by molar-refractivity contribution is 5.78. The number of hydrogen-bond donors (Lipinski definition) is 3. The Morgan fingerprint density at radius 1 is 1.59 bits per heavy atom. The standard InChI is InChI=1S/C11H19N3O3/c1-9-7-10(14-13-9)8-11(16)12-3-2-5-17-6-4-15/h7,15H,2-6,8H2,1H3,(H,12,16)(H,13,14). The fraction of sp³-hybridized carbons (Fsp3) is 0.636. The van der Waals surface area contributed by atoms with Crippen LogP contribution in [0.5, 0.6) is 0 Å². The molecule has 0 saturated heterocycles. The maximum atomic E-state index is 11.5. The quantitative estimate of drug-likeness (QED) is 0.549. The third-order valence-electron chi connectivity index (χ3n) is 2.12. The second kappa shape index (κ2) is 7.81. The number of nitrogens with one attached hydrogen (secondary N) is 2. The number of hydrogen-bond acceptors (Lipinski definition) is 4. The zero-order chi connectivity index (χ0) is 12.5. The Morgan fingerprint density at radius 2 is 2.41 bits per heavy atom. The number of nitrogens with zero attached hydrogens (tertiary/aromatic N) is 1. The molecule has 1 aromatic rings. The smallest absolute Gasteiger partial charge is 0.226 e. The predicted octanol–water partition coefficient (Wildman–Crippen LogP) is -0.224. The van der Waals surface area contributed by atoms with Crippen LogP contribution in [0, 0.1) is 6.92 Å². The monoisotopic (exact) mass is 241 g/mol. The zero-order valence-electron chi connectivity index (χ0n) is 10.0. The first kappa shape index (κ1) is 13.7. The van der Waals surface area contributed by atoms with Crippen molar-refractivity contribution in [3.05, 3.63) is 17.5 Å². The lowest BCUT2D eigenvalue weighted by Gasteiger charge is -2.04. The second-order valence-electron chi connectivity index (χ2n) is 3.76. The summed E-state index contributed by atoms with van der Waals surface area (Å²) < 4.78 is 5.07. The van der Waals surface area contributed by atoms with E-state index < -0.39 is 0 Å². The van der Waals surface area contributed by atoms with Crippen LogP contribution >= 0.6 is 0 Å². The van der Waals surface area contributed by atoms with Gasteiger partial charge >= 0.3 is 0 Å². The molecule has 96 valence electrons. The summed E-state index contributed by atoms with van der Waals surface area (Å²) in [6.07, 6.45) is 1.03. The van der Waals surface area contributed by atoms with Gasteiger partial charge in [-0.25, -0.2) is 0 Å². The minimum atomic E-state index is -0.0429. The largest absolute Gasteiger partial charge is 0.394 e. The average molecular weight is 241 g/mol. The van der Waals surface area contributed by atoms with E-state index in [4.69, 9.17) is 9.84 Å². The van der Waals surface area contributed by atoms with Gasteiger partial charge in [0.2, 0.25) is 5.91 Å². The van der Waals surface area contributed by atoms with Crippen LogP contribution in [0.4, 0.5) is 0 Å². The lowest BCUT2D eigenvalue weighted by Crippen LogP contribution is -2.27. The molecule has 0 bridgehead atoms. The highest BCUT2D eigenvalue weighted by Gasteiger charge is 2.05. The molecular formula is C11H19N3O3. The van der Waals surface area contributed by atoms with Gasteiger partial charge in [0, 0.05) is 18.8 Å². The minimum absolute atomic E-state index is 0.0326. The fourth-order valence-electron chi connectivity index (χ4n) is 1.36. The van der Waals surface area contributed by atoms with E-state index in [1.165, 1.54) is 0 Å². The van der Waals surface area contributed by atoms with E-state index in [2.05, 4.69) is 15.5 Å². The third-order valence-corrected chi connectivity index (χ3v) is 2.12. The van der Waals surface area contributed by atoms with Gasteiger partial charge in [0.05, 0.1) is 25.3 Å². The van der Waals surface area contributed by atoms with Crippen molar-refractivity contribution < 1.29 is 14.6 Å². The first-order valence-electron chi connectivity index (χ1n) is 5.68. The number of aromatic nitrogens is 2. The summed E-state index contributed by atoms with van der Waals surface area (Å²) in [6, 6.07) is 1.85. The Balaban J connectivity index is 2.05. The van der Waals surface area contributed by atoms with Gasteiger partial charge in [-0.3, -0.25) is 9.89 Å². The Morgan fingerprint density at radius 3 is 3.06 bits per heavy atom. The van der Waals surface area contributed by atoms with Crippen molar-refractivity contribution >= 4 is 5.91 Å². The van der Waals surface area contributed by atoms with Crippen LogP contribution in [0.1, 0.15) is 17.8 Å². The Kier molecular flexibility index (Phi) is 6.27. The summed E-state index contributed by atoms with van der Waals surface area (Å²) in [6.45, 7) is 3.40. The number of aromatic amines is 1. The maximum Gasteiger partial charge on any atom is 0.226 e. The molecule has 0 aliphatic heterocycles. The number of amides is 1. The Hall–Kier alpha value is -1.40. The second-order valence-corrected chi connectivity index (χ2v) is 3.76. The third kappa shape index (κ3) is 6.03. The summed E-state index contributed by atoms with van der Waals surface area (Å²) in [4.78, 5) is 11.5. The molecule has 0 aliphatic carbocycles. The van der Waals surface area contributed by atoms with Gasteiger partial charge in [-0.15, -0.1) is 0 Å². The topological polar surface area (TPSA) is 87.2 Å². The molecule has 6 heteroatoms. The minimum Gasteiger partial charge on any atom is -0.394 e. The molecule has 0 atom stereocenters. The van der Waals surface area contributed by atoms with E-state index in [1.54, 1.807) is 0 Å². The van der Waals surface area contributed by atoms with Gasteiger partial charge in [0.15, 0.2) is 0 Å². The van der Waals surface area contributed by atoms with Crippen LogP contribution in [0.2, 0.25) is 0 Å². The number of aliphatic hydroxyl groups excluding tert-OH is 1. The van der Waals surface area contributed by atoms with E-state index in [1.807, 2.05) is 13.0 Å². The predicted molar refractivity (Wildman–Crippen MR) is 62.6 cm³/mol. The molecule has 3 N–H and O–H groups in total. The number of carbonyl (C=O) groups is 1.